The second-order valence-corrected chi connectivity index (χ2v) is 5.11. The predicted octanol–water partition coefficient (Wildman–Crippen LogP) is 3.07. The first kappa shape index (κ1) is 13.5. The van der Waals surface area contributed by atoms with E-state index < -0.39 is 0 Å². The van der Waals surface area contributed by atoms with Gasteiger partial charge in [0.2, 0.25) is 0 Å². The van der Waals surface area contributed by atoms with Crippen molar-refractivity contribution in [3.05, 3.63) is 46.4 Å². The molecule has 5 heteroatoms. The zero-order chi connectivity index (χ0) is 13.7. The molecule has 2 aromatic rings. The van der Waals surface area contributed by atoms with Crippen LogP contribution >= 0.6 is 11.3 Å². The fourth-order valence-electron chi connectivity index (χ4n) is 1.81. The molecule has 1 amide bonds. The molecule has 0 aliphatic heterocycles. The molecule has 0 bridgehead atoms. The van der Waals surface area contributed by atoms with Gasteiger partial charge in [0.1, 0.15) is 5.69 Å². The summed E-state index contributed by atoms with van der Waals surface area (Å²) >= 11 is 1.65. The van der Waals surface area contributed by atoms with Gasteiger partial charge in [0, 0.05) is 23.8 Å². The molecule has 2 aromatic heterocycles. The number of amides is 1. The maximum Gasteiger partial charge on any atom is 0.270 e. The molecule has 0 saturated carbocycles. The summed E-state index contributed by atoms with van der Waals surface area (Å²) in [5.41, 5.74) is 1.31. The van der Waals surface area contributed by atoms with Gasteiger partial charge in [-0.05, 0) is 30.0 Å². The molecular formula is C14H17N3OS. The number of pyridine rings is 1. The van der Waals surface area contributed by atoms with E-state index in [1.165, 1.54) is 4.88 Å². The maximum atomic E-state index is 12.2. The van der Waals surface area contributed by atoms with Crippen molar-refractivity contribution in [2.24, 2.45) is 0 Å². The Hall–Kier alpha value is -1.88. The van der Waals surface area contributed by atoms with E-state index in [4.69, 9.17) is 0 Å². The van der Waals surface area contributed by atoms with Crippen molar-refractivity contribution >= 4 is 22.9 Å². The highest BCUT2D eigenvalue weighted by Gasteiger charge is 2.15. The van der Waals surface area contributed by atoms with Crippen LogP contribution in [0.15, 0.2) is 35.8 Å². The van der Waals surface area contributed by atoms with Gasteiger partial charge in [-0.3, -0.25) is 9.78 Å². The summed E-state index contributed by atoms with van der Waals surface area (Å²) in [6.07, 6.45) is 2.49. The minimum atomic E-state index is -0.141. The molecule has 0 aliphatic carbocycles. The Morgan fingerprint density at radius 2 is 2.32 bits per heavy atom. The topological polar surface area (TPSA) is 54.0 Å². The molecular weight excluding hydrogens is 258 g/mol. The standard InChI is InChI=1S/C14H17N3OS/c1-3-11(13-5-4-8-19-13)17-14(18)12-9-10(15-2)6-7-16-12/h4-9,11H,3H2,1-2H3,(H,15,16)(H,17,18). The maximum absolute atomic E-state index is 12.2. The van der Waals surface area contributed by atoms with E-state index in [1.54, 1.807) is 23.6 Å². The van der Waals surface area contributed by atoms with E-state index in [2.05, 4.69) is 22.5 Å². The molecule has 2 rings (SSSR count). The molecule has 100 valence electrons. The number of nitrogens with zero attached hydrogens (tertiary/aromatic N) is 1. The van der Waals surface area contributed by atoms with Gasteiger partial charge in [0.25, 0.3) is 5.91 Å². The van der Waals surface area contributed by atoms with Crippen molar-refractivity contribution in [1.82, 2.24) is 10.3 Å². The Morgan fingerprint density at radius 1 is 1.47 bits per heavy atom. The van der Waals surface area contributed by atoms with E-state index in [9.17, 15) is 4.79 Å². The second kappa shape index (κ2) is 6.33. The number of carbonyl (C=O) groups is 1. The highest BCUT2D eigenvalue weighted by Crippen LogP contribution is 2.22. The molecule has 0 radical (unpaired) electrons. The first-order chi connectivity index (χ1) is 9.24. The smallest absolute Gasteiger partial charge is 0.270 e. The number of nitrogens with one attached hydrogen (secondary N) is 2. The minimum Gasteiger partial charge on any atom is -0.388 e. The Morgan fingerprint density at radius 3 is 2.95 bits per heavy atom. The van der Waals surface area contributed by atoms with Gasteiger partial charge >= 0.3 is 0 Å². The number of thiophene rings is 1. The number of aromatic nitrogens is 1. The number of hydrogen-bond donors (Lipinski definition) is 2. The van der Waals surface area contributed by atoms with Crippen LogP contribution in [0.2, 0.25) is 0 Å². The molecule has 0 fully saturated rings. The fourth-order valence-corrected chi connectivity index (χ4v) is 2.67. The van der Waals surface area contributed by atoms with Gasteiger partial charge in [-0.25, -0.2) is 0 Å². The van der Waals surface area contributed by atoms with Gasteiger partial charge in [-0.2, -0.15) is 0 Å². The lowest BCUT2D eigenvalue weighted by molar-refractivity contribution is 0.0931. The minimum absolute atomic E-state index is 0.0486. The van der Waals surface area contributed by atoms with Crippen molar-refractivity contribution in [1.29, 1.82) is 0 Å². The van der Waals surface area contributed by atoms with Gasteiger partial charge in [-0.15, -0.1) is 11.3 Å². The third-order valence-electron chi connectivity index (χ3n) is 2.88. The molecule has 0 saturated heterocycles. The average Bonchev–Trinajstić information content (AvgIpc) is 2.98. The number of carbonyl (C=O) groups excluding carboxylic acids is 1. The number of hydrogen-bond acceptors (Lipinski definition) is 4. The van der Waals surface area contributed by atoms with Crippen molar-refractivity contribution in [3.63, 3.8) is 0 Å². The Bertz CT molecular complexity index is 539. The molecule has 0 aliphatic rings. The van der Waals surface area contributed by atoms with Gasteiger partial charge < -0.3 is 10.6 Å². The lowest BCUT2D eigenvalue weighted by Crippen LogP contribution is -2.28. The summed E-state index contributed by atoms with van der Waals surface area (Å²) in [7, 11) is 1.82. The summed E-state index contributed by atoms with van der Waals surface area (Å²) in [6.45, 7) is 2.06. The van der Waals surface area contributed by atoms with E-state index in [0.717, 1.165) is 12.1 Å². The molecule has 0 spiro atoms. The van der Waals surface area contributed by atoms with Crippen molar-refractivity contribution in [3.8, 4) is 0 Å². The highest BCUT2D eigenvalue weighted by molar-refractivity contribution is 7.10. The molecule has 2 N–H and O–H groups in total. The quantitative estimate of drug-likeness (QED) is 0.881. The van der Waals surface area contributed by atoms with E-state index in [-0.39, 0.29) is 11.9 Å². The Labute approximate surface area is 116 Å². The van der Waals surface area contributed by atoms with Crippen molar-refractivity contribution in [2.45, 2.75) is 19.4 Å². The molecule has 1 unspecified atom stereocenters. The molecule has 4 nitrogen and oxygen atoms in total. The van der Waals surface area contributed by atoms with Gasteiger partial charge in [0.05, 0.1) is 6.04 Å². The van der Waals surface area contributed by atoms with Crippen LogP contribution in [0.4, 0.5) is 5.69 Å². The van der Waals surface area contributed by atoms with Crippen LogP contribution in [0.5, 0.6) is 0 Å². The Kier molecular flexibility index (Phi) is 4.52. The SMILES string of the molecule is CCC(NC(=O)c1cc(NC)ccn1)c1cccs1. The van der Waals surface area contributed by atoms with E-state index >= 15 is 0 Å². The Balaban J connectivity index is 2.11. The van der Waals surface area contributed by atoms with Crippen LogP contribution in [-0.4, -0.2) is 17.9 Å². The second-order valence-electron chi connectivity index (χ2n) is 4.13. The summed E-state index contributed by atoms with van der Waals surface area (Å²) in [5, 5.41) is 8.03. The van der Waals surface area contributed by atoms with Crippen LogP contribution in [0.25, 0.3) is 0 Å². The third kappa shape index (κ3) is 3.32. The summed E-state index contributed by atoms with van der Waals surface area (Å²) in [6, 6.07) is 7.65. The zero-order valence-electron chi connectivity index (χ0n) is 11.0. The van der Waals surface area contributed by atoms with Crippen LogP contribution in [-0.2, 0) is 0 Å². The van der Waals surface area contributed by atoms with E-state index in [0.29, 0.717) is 5.69 Å². The first-order valence-corrected chi connectivity index (χ1v) is 7.10. The lowest BCUT2D eigenvalue weighted by Gasteiger charge is -2.15. The van der Waals surface area contributed by atoms with Gasteiger partial charge in [0.15, 0.2) is 0 Å². The first-order valence-electron chi connectivity index (χ1n) is 6.22. The van der Waals surface area contributed by atoms with Crippen molar-refractivity contribution < 1.29 is 4.79 Å². The molecule has 19 heavy (non-hydrogen) atoms. The van der Waals surface area contributed by atoms with Gasteiger partial charge in [-0.1, -0.05) is 13.0 Å². The fraction of sp³-hybridized carbons (Fsp3) is 0.286. The molecule has 1 atom stereocenters. The molecule has 0 aromatic carbocycles. The predicted molar refractivity (Wildman–Crippen MR) is 78.6 cm³/mol. The van der Waals surface area contributed by atoms with Crippen LogP contribution < -0.4 is 10.6 Å². The van der Waals surface area contributed by atoms with Crippen molar-refractivity contribution in [2.75, 3.05) is 12.4 Å². The molecule has 2 heterocycles. The number of anilines is 1. The monoisotopic (exact) mass is 275 g/mol. The number of rotatable bonds is 5. The third-order valence-corrected chi connectivity index (χ3v) is 3.87. The van der Waals surface area contributed by atoms with Crippen LogP contribution in [0, 0.1) is 0 Å². The lowest BCUT2D eigenvalue weighted by atomic mass is 10.2. The average molecular weight is 275 g/mol. The summed E-state index contributed by atoms with van der Waals surface area (Å²) < 4.78 is 0. The highest BCUT2D eigenvalue weighted by atomic mass is 32.1. The summed E-state index contributed by atoms with van der Waals surface area (Å²) in [5.74, 6) is -0.141. The largest absolute Gasteiger partial charge is 0.388 e. The zero-order valence-corrected chi connectivity index (χ0v) is 11.8. The summed E-state index contributed by atoms with van der Waals surface area (Å²) in [4.78, 5) is 17.5. The van der Waals surface area contributed by atoms with Crippen LogP contribution in [0.3, 0.4) is 0 Å². The van der Waals surface area contributed by atoms with Crippen LogP contribution in [0.1, 0.15) is 34.8 Å². The normalized spacial score (nSPS) is 11.9. The van der Waals surface area contributed by atoms with E-state index in [1.807, 2.05) is 30.6 Å².